The van der Waals surface area contributed by atoms with Crippen molar-refractivity contribution < 1.29 is 0 Å². The minimum Gasteiger partial charge on any atom is -0.315 e. The third kappa shape index (κ3) is 3.67. The number of nitrogens with one attached hydrogen (secondary N) is 1. The van der Waals surface area contributed by atoms with Gasteiger partial charge in [-0.25, -0.2) is 0 Å². The van der Waals surface area contributed by atoms with Gasteiger partial charge in [-0.2, -0.15) is 0 Å². The number of piperazine rings is 1. The zero-order valence-electron chi connectivity index (χ0n) is 11.6. The fourth-order valence-corrected chi connectivity index (χ4v) is 3.20. The first kappa shape index (κ1) is 13.3. The van der Waals surface area contributed by atoms with Crippen molar-refractivity contribution in [2.75, 3.05) is 39.3 Å². The lowest BCUT2D eigenvalue weighted by Crippen LogP contribution is -2.58. The van der Waals surface area contributed by atoms with Crippen LogP contribution in [0.3, 0.4) is 0 Å². The van der Waals surface area contributed by atoms with E-state index in [0.29, 0.717) is 6.04 Å². The Kier molecular flexibility index (Phi) is 5.26. The Morgan fingerprint density at radius 3 is 2.94 bits per heavy atom. The number of hydrogen-bond acceptors (Lipinski definition) is 3. The topological polar surface area (TPSA) is 18.5 Å². The van der Waals surface area contributed by atoms with Gasteiger partial charge in [0.1, 0.15) is 0 Å². The second-order valence-corrected chi connectivity index (χ2v) is 5.73. The molecule has 100 valence electrons. The first-order chi connectivity index (χ1) is 8.31. The molecule has 2 aliphatic rings. The Hall–Kier alpha value is -0.120. The van der Waals surface area contributed by atoms with E-state index in [1.807, 2.05) is 0 Å². The molecule has 2 aliphatic heterocycles. The van der Waals surface area contributed by atoms with Crippen LogP contribution in [0.15, 0.2) is 0 Å². The van der Waals surface area contributed by atoms with E-state index >= 15 is 0 Å². The Labute approximate surface area is 107 Å². The summed E-state index contributed by atoms with van der Waals surface area (Å²) in [6.07, 6.45) is 5.52. The maximum Gasteiger partial charge on any atom is 0.0223 e. The molecule has 2 saturated heterocycles. The summed E-state index contributed by atoms with van der Waals surface area (Å²) in [6, 6.07) is 1.55. The minimum atomic E-state index is 0.700. The molecule has 2 fully saturated rings. The number of nitrogens with zero attached hydrogens (tertiary/aromatic N) is 2. The van der Waals surface area contributed by atoms with Gasteiger partial charge in [-0.15, -0.1) is 0 Å². The molecule has 2 heterocycles. The van der Waals surface area contributed by atoms with E-state index in [2.05, 4.69) is 29.0 Å². The first-order valence-corrected chi connectivity index (χ1v) is 7.50. The molecule has 17 heavy (non-hydrogen) atoms. The summed E-state index contributed by atoms with van der Waals surface area (Å²) in [6.45, 7) is 12.1. The van der Waals surface area contributed by atoms with E-state index in [0.717, 1.165) is 19.1 Å². The molecule has 0 aliphatic carbocycles. The second kappa shape index (κ2) is 6.72. The highest BCUT2D eigenvalue weighted by atomic mass is 15.3. The zero-order chi connectivity index (χ0) is 12.1. The first-order valence-electron chi connectivity index (χ1n) is 7.50. The van der Waals surface area contributed by atoms with Crippen molar-refractivity contribution in [1.29, 1.82) is 0 Å². The van der Waals surface area contributed by atoms with Crippen LogP contribution in [0.2, 0.25) is 0 Å². The summed E-state index contributed by atoms with van der Waals surface area (Å²) in [4.78, 5) is 5.40. The van der Waals surface area contributed by atoms with Crippen molar-refractivity contribution in [3.63, 3.8) is 0 Å². The summed E-state index contributed by atoms with van der Waals surface area (Å²) in [5, 5.41) is 3.55. The van der Waals surface area contributed by atoms with Crippen molar-refractivity contribution in [3.8, 4) is 0 Å². The van der Waals surface area contributed by atoms with Crippen LogP contribution in [0.25, 0.3) is 0 Å². The quantitative estimate of drug-likeness (QED) is 0.734. The highest BCUT2D eigenvalue weighted by Crippen LogP contribution is 2.21. The van der Waals surface area contributed by atoms with Crippen LogP contribution in [0.1, 0.15) is 39.5 Å². The molecule has 0 bridgehead atoms. The Morgan fingerprint density at radius 2 is 2.12 bits per heavy atom. The molecular weight excluding hydrogens is 210 g/mol. The van der Waals surface area contributed by atoms with E-state index in [1.54, 1.807) is 0 Å². The van der Waals surface area contributed by atoms with Gasteiger partial charge in [0.05, 0.1) is 0 Å². The van der Waals surface area contributed by atoms with E-state index in [4.69, 9.17) is 0 Å². The third-order valence-electron chi connectivity index (χ3n) is 4.36. The molecule has 0 aromatic rings. The maximum atomic E-state index is 3.55. The summed E-state index contributed by atoms with van der Waals surface area (Å²) >= 11 is 0. The van der Waals surface area contributed by atoms with E-state index in [1.165, 1.54) is 51.9 Å². The van der Waals surface area contributed by atoms with Gasteiger partial charge < -0.3 is 5.32 Å². The lowest BCUT2D eigenvalue weighted by molar-refractivity contribution is 0.0312. The largest absolute Gasteiger partial charge is 0.315 e. The summed E-state index contributed by atoms with van der Waals surface area (Å²) < 4.78 is 0. The van der Waals surface area contributed by atoms with Crippen molar-refractivity contribution >= 4 is 0 Å². The molecule has 0 amide bonds. The highest BCUT2D eigenvalue weighted by molar-refractivity contribution is 4.87. The van der Waals surface area contributed by atoms with Gasteiger partial charge in [0.2, 0.25) is 0 Å². The van der Waals surface area contributed by atoms with Crippen molar-refractivity contribution in [3.05, 3.63) is 0 Å². The minimum absolute atomic E-state index is 0.700. The van der Waals surface area contributed by atoms with Crippen LogP contribution < -0.4 is 5.32 Å². The van der Waals surface area contributed by atoms with Crippen LogP contribution in [0.4, 0.5) is 0 Å². The second-order valence-electron chi connectivity index (χ2n) is 5.73. The zero-order valence-corrected chi connectivity index (χ0v) is 11.6. The van der Waals surface area contributed by atoms with Gasteiger partial charge in [-0.05, 0) is 39.3 Å². The smallest absolute Gasteiger partial charge is 0.0223 e. The summed E-state index contributed by atoms with van der Waals surface area (Å²) in [5.74, 6) is 0. The Morgan fingerprint density at radius 1 is 1.24 bits per heavy atom. The van der Waals surface area contributed by atoms with Crippen LogP contribution in [-0.2, 0) is 0 Å². The Bertz CT molecular complexity index is 220. The Balaban J connectivity index is 1.74. The molecule has 2 atom stereocenters. The SMILES string of the molecule is CCCNCC(C)N1CCN2CCCCC2C1. The van der Waals surface area contributed by atoms with Gasteiger partial charge in [-0.1, -0.05) is 13.3 Å². The van der Waals surface area contributed by atoms with Crippen LogP contribution in [-0.4, -0.2) is 61.2 Å². The number of rotatable bonds is 5. The van der Waals surface area contributed by atoms with Crippen molar-refractivity contribution in [2.45, 2.75) is 51.6 Å². The van der Waals surface area contributed by atoms with E-state index in [9.17, 15) is 0 Å². The fourth-order valence-electron chi connectivity index (χ4n) is 3.20. The molecule has 1 N–H and O–H groups in total. The normalized spacial score (nSPS) is 28.9. The predicted molar refractivity (Wildman–Crippen MR) is 73.4 cm³/mol. The maximum absolute atomic E-state index is 3.55. The molecule has 2 rings (SSSR count). The number of fused-ring (bicyclic) bond motifs is 1. The highest BCUT2D eigenvalue weighted by Gasteiger charge is 2.30. The summed E-state index contributed by atoms with van der Waals surface area (Å²) in [5.41, 5.74) is 0. The summed E-state index contributed by atoms with van der Waals surface area (Å²) in [7, 11) is 0. The van der Waals surface area contributed by atoms with Gasteiger partial charge in [0.15, 0.2) is 0 Å². The average molecular weight is 239 g/mol. The molecule has 0 spiro atoms. The molecule has 0 aromatic carbocycles. The van der Waals surface area contributed by atoms with Gasteiger partial charge >= 0.3 is 0 Å². The van der Waals surface area contributed by atoms with Crippen LogP contribution >= 0.6 is 0 Å². The van der Waals surface area contributed by atoms with Gasteiger partial charge in [0, 0.05) is 38.3 Å². The predicted octanol–water partition coefficient (Wildman–Crippen LogP) is 1.54. The van der Waals surface area contributed by atoms with E-state index < -0.39 is 0 Å². The number of hydrogen-bond donors (Lipinski definition) is 1. The van der Waals surface area contributed by atoms with Gasteiger partial charge in [-0.3, -0.25) is 9.80 Å². The monoisotopic (exact) mass is 239 g/mol. The van der Waals surface area contributed by atoms with Crippen molar-refractivity contribution in [2.24, 2.45) is 0 Å². The lowest BCUT2D eigenvalue weighted by Gasteiger charge is -2.46. The molecule has 0 saturated carbocycles. The number of piperidine rings is 1. The van der Waals surface area contributed by atoms with E-state index in [-0.39, 0.29) is 0 Å². The molecule has 0 radical (unpaired) electrons. The fraction of sp³-hybridized carbons (Fsp3) is 1.00. The molecule has 3 nitrogen and oxygen atoms in total. The third-order valence-corrected chi connectivity index (χ3v) is 4.36. The molecule has 0 aromatic heterocycles. The molecule has 3 heteroatoms. The average Bonchev–Trinajstić information content (AvgIpc) is 2.38. The standard InChI is InChI=1S/C14H29N3/c1-3-7-15-11-13(2)17-10-9-16-8-5-4-6-14(16)12-17/h13-15H,3-12H2,1-2H3. The lowest BCUT2D eigenvalue weighted by atomic mass is 9.99. The molecular formula is C14H29N3. The van der Waals surface area contributed by atoms with Crippen molar-refractivity contribution in [1.82, 2.24) is 15.1 Å². The van der Waals surface area contributed by atoms with Crippen LogP contribution in [0, 0.1) is 0 Å². The van der Waals surface area contributed by atoms with Gasteiger partial charge in [0.25, 0.3) is 0 Å². The molecule has 2 unspecified atom stereocenters. The van der Waals surface area contributed by atoms with Crippen LogP contribution in [0.5, 0.6) is 0 Å².